The molecule has 6 heteroatoms. The molecule has 114 valence electrons. The fourth-order valence-corrected chi connectivity index (χ4v) is 2.50. The number of carboxylic acids is 1. The van der Waals surface area contributed by atoms with Crippen molar-refractivity contribution in [3.05, 3.63) is 0 Å². The van der Waals surface area contributed by atoms with Crippen LogP contribution in [0.4, 0.5) is 0 Å². The molecule has 0 bridgehead atoms. The lowest BCUT2D eigenvalue weighted by Crippen LogP contribution is -2.54. The number of hydrogen-bond acceptors (Lipinski definition) is 3. The number of aliphatic carboxylic acids is 1. The van der Waals surface area contributed by atoms with E-state index in [2.05, 4.69) is 5.32 Å². The van der Waals surface area contributed by atoms with Crippen molar-refractivity contribution in [2.75, 3.05) is 6.54 Å². The van der Waals surface area contributed by atoms with Gasteiger partial charge in [-0.25, -0.2) is 4.79 Å². The first-order valence-electron chi connectivity index (χ1n) is 7.06. The maximum atomic E-state index is 12.2. The van der Waals surface area contributed by atoms with Crippen molar-refractivity contribution < 1.29 is 19.5 Å². The largest absolute Gasteiger partial charge is 0.480 e. The lowest BCUT2D eigenvalue weighted by Gasteiger charge is -2.27. The van der Waals surface area contributed by atoms with Crippen LogP contribution >= 0.6 is 0 Å². The Hall–Kier alpha value is -1.59. The quantitative estimate of drug-likeness (QED) is 0.762. The van der Waals surface area contributed by atoms with Gasteiger partial charge in [0, 0.05) is 19.0 Å². The Morgan fingerprint density at radius 3 is 2.50 bits per heavy atom. The first kappa shape index (κ1) is 16.5. The zero-order valence-electron chi connectivity index (χ0n) is 12.6. The highest BCUT2D eigenvalue weighted by atomic mass is 16.4. The average molecular weight is 284 g/mol. The Morgan fingerprint density at radius 2 is 2.10 bits per heavy atom. The summed E-state index contributed by atoms with van der Waals surface area (Å²) in [5.41, 5.74) is -1.26. The maximum absolute atomic E-state index is 12.2. The van der Waals surface area contributed by atoms with E-state index < -0.39 is 17.4 Å². The second kappa shape index (κ2) is 6.24. The van der Waals surface area contributed by atoms with Crippen LogP contribution in [0, 0.1) is 5.92 Å². The van der Waals surface area contributed by atoms with Gasteiger partial charge in [-0.1, -0.05) is 13.3 Å². The predicted octanol–water partition coefficient (Wildman–Crippen LogP) is 1.00. The molecule has 1 saturated heterocycles. The molecule has 1 fully saturated rings. The molecule has 2 atom stereocenters. The molecule has 0 aliphatic carbocycles. The Kier molecular flexibility index (Phi) is 5.14. The van der Waals surface area contributed by atoms with E-state index in [0.29, 0.717) is 19.4 Å². The van der Waals surface area contributed by atoms with Gasteiger partial charge in [0.1, 0.15) is 5.54 Å². The van der Waals surface area contributed by atoms with Crippen LogP contribution in [-0.2, 0) is 14.4 Å². The highest BCUT2D eigenvalue weighted by molar-refractivity contribution is 5.92. The second-order valence-electron chi connectivity index (χ2n) is 5.92. The average Bonchev–Trinajstić information content (AvgIpc) is 2.71. The first-order chi connectivity index (χ1) is 9.21. The normalized spacial score (nSPS) is 21.9. The molecule has 0 aromatic rings. The van der Waals surface area contributed by atoms with Crippen molar-refractivity contribution >= 4 is 17.8 Å². The number of likely N-dealkylation sites (tertiary alicyclic amines) is 1. The van der Waals surface area contributed by atoms with E-state index in [1.54, 1.807) is 4.90 Å². The van der Waals surface area contributed by atoms with Gasteiger partial charge in [0.05, 0.1) is 5.92 Å². The number of carbonyl (C=O) groups is 3. The lowest BCUT2D eigenvalue weighted by molar-refractivity contribution is -0.147. The van der Waals surface area contributed by atoms with Crippen LogP contribution in [0.1, 0.15) is 47.0 Å². The first-order valence-corrected chi connectivity index (χ1v) is 7.06. The fraction of sp³-hybridized carbons (Fsp3) is 0.786. The standard InChI is InChI=1S/C14H24N2O4/c1-5-6-14(4,13(19)20)15-12(18)10-7-11(17)16(8-10)9(2)3/h9-10H,5-8H2,1-4H3,(H,15,18)(H,19,20). The smallest absolute Gasteiger partial charge is 0.329 e. The number of carbonyl (C=O) groups excluding carboxylic acids is 2. The van der Waals surface area contributed by atoms with Crippen molar-refractivity contribution in [1.82, 2.24) is 10.2 Å². The van der Waals surface area contributed by atoms with Crippen LogP contribution < -0.4 is 5.32 Å². The van der Waals surface area contributed by atoms with Gasteiger partial charge in [0.25, 0.3) is 0 Å². The molecule has 0 aromatic carbocycles. The molecule has 1 aliphatic heterocycles. The van der Waals surface area contributed by atoms with Gasteiger partial charge >= 0.3 is 5.97 Å². The molecule has 2 amide bonds. The maximum Gasteiger partial charge on any atom is 0.329 e. The van der Waals surface area contributed by atoms with Gasteiger partial charge in [0.15, 0.2) is 0 Å². The zero-order valence-corrected chi connectivity index (χ0v) is 12.6. The second-order valence-corrected chi connectivity index (χ2v) is 5.92. The summed E-state index contributed by atoms with van der Waals surface area (Å²) >= 11 is 0. The number of hydrogen-bond donors (Lipinski definition) is 2. The van der Waals surface area contributed by atoms with Crippen LogP contribution in [0.25, 0.3) is 0 Å². The molecule has 0 radical (unpaired) electrons. The Morgan fingerprint density at radius 1 is 1.50 bits per heavy atom. The van der Waals surface area contributed by atoms with Crippen molar-refractivity contribution in [2.24, 2.45) is 5.92 Å². The van der Waals surface area contributed by atoms with E-state index in [9.17, 15) is 19.5 Å². The fourth-order valence-electron chi connectivity index (χ4n) is 2.50. The summed E-state index contributed by atoms with van der Waals surface area (Å²) in [5, 5.41) is 11.9. The highest BCUT2D eigenvalue weighted by Gasteiger charge is 2.40. The monoisotopic (exact) mass is 284 g/mol. The molecule has 2 unspecified atom stereocenters. The SMILES string of the molecule is CCCC(C)(NC(=O)C1CC(=O)N(C(C)C)C1)C(=O)O. The van der Waals surface area contributed by atoms with Gasteiger partial charge in [-0.15, -0.1) is 0 Å². The summed E-state index contributed by atoms with van der Waals surface area (Å²) in [5.74, 6) is -1.90. The van der Waals surface area contributed by atoms with E-state index in [1.165, 1.54) is 6.92 Å². The van der Waals surface area contributed by atoms with Crippen molar-refractivity contribution in [3.8, 4) is 0 Å². The third-order valence-corrected chi connectivity index (χ3v) is 3.77. The number of nitrogens with zero attached hydrogens (tertiary/aromatic N) is 1. The summed E-state index contributed by atoms with van der Waals surface area (Å²) in [6.45, 7) is 7.54. The van der Waals surface area contributed by atoms with Crippen LogP contribution in [0.15, 0.2) is 0 Å². The summed E-state index contributed by atoms with van der Waals surface area (Å²) in [6, 6.07) is 0.0572. The minimum atomic E-state index is -1.26. The third kappa shape index (κ3) is 3.49. The Bertz CT molecular complexity index is 408. The van der Waals surface area contributed by atoms with Crippen molar-refractivity contribution in [1.29, 1.82) is 0 Å². The van der Waals surface area contributed by atoms with Gasteiger partial charge in [-0.05, 0) is 27.2 Å². The third-order valence-electron chi connectivity index (χ3n) is 3.77. The van der Waals surface area contributed by atoms with Crippen LogP contribution in [0.2, 0.25) is 0 Å². The van der Waals surface area contributed by atoms with Crippen molar-refractivity contribution in [2.45, 2.75) is 58.5 Å². The molecule has 2 N–H and O–H groups in total. The number of rotatable bonds is 6. The topological polar surface area (TPSA) is 86.7 Å². The summed E-state index contributed by atoms with van der Waals surface area (Å²) < 4.78 is 0. The predicted molar refractivity (Wildman–Crippen MR) is 74.0 cm³/mol. The van der Waals surface area contributed by atoms with Crippen LogP contribution in [0.3, 0.4) is 0 Å². The number of carboxylic acid groups (broad SMARTS) is 1. The molecule has 1 aliphatic rings. The van der Waals surface area contributed by atoms with E-state index >= 15 is 0 Å². The Labute approximate surface area is 119 Å². The number of amides is 2. The molecular weight excluding hydrogens is 260 g/mol. The molecule has 0 aromatic heterocycles. The highest BCUT2D eigenvalue weighted by Crippen LogP contribution is 2.22. The molecule has 1 heterocycles. The zero-order chi connectivity index (χ0) is 15.5. The van der Waals surface area contributed by atoms with E-state index in [1.807, 2.05) is 20.8 Å². The minimum absolute atomic E-state index is 0.0485. The van der Waals surface area contributed by atoms with Crippen LogP contribution in [0.5, 0.6) is 0 Å². The van der Waals surface area contributed by atoms with Crippen molar-refractivity contribution in [3.63, 3.8) is 0 Å². The lowest BCUT2D eigenvalue weighted by atomic mass is 9.95. The molecule has 1 rings (SSSR count). The number of nitrogens with one attached hydrogen (secondary N) is 1. The van der Waals surface area contributed by atoms with Crippen LogP contribution in [-0.4, -0.2) is 45.9 Å². The van der Waals surface area contributed by atoms with Gasteiger partial charge in [-0.3, -0.25) is 9.59 Å². The molecule has 6 nitrogen and oxygen atoms in total. The minimum Gasteiger partial charge on any atom is -0.480 e. The summed E-state index contributed by atoms with van der Waals surface area (Å²) in [4.78, 5) is 36.9. The van der Waals surface area contributed by atoms with Gasteiger partial charge in [-0.2, -0.15) is 0 Å². The van der Waals surface area contributed by atoms with E-state index in [0.717, 1.165) is 0 Å². The van der Waals surface area contributed by atoms with E-state index in [-0.39, 0.29) is 24.3 Å². The molecule has 0 spiro atoms. The van der Waals surface area contributed by atoms with Gasteiger partial charge in [0.2, 0.25) is 11.8 Å². The van der Waals surface area contributed by atoms with E-state index in [4.69, 9.17) is 0 Å². The molecule has 0 saturated carbocycles. The Balaban J connectivity index is 2.72. The summed E-state index contributed by atoms with van der Waals surface area (Å²) in [6.07, 6.45) is 1.18. The van der Waals surface area contributed by atoms with Gasteiger partial charge < -0.3 is 15.3 Å². The molecule has 20 heavy (non-hydrogen) atoms. The summed E-state index contributed by atoms with van der Waals surface area (Å²) in [7, 11) is 0. The molecular formula is C14H24N2O4.